The van der Waals surface area contributed by atoms with Crippen LogP contribution in [0.25, 0.3) is 0 Å². The van der Waals surface area contributed by atoms with Crippen molar-refractivity contribution in [2.45, 2.75) is 91.9 Å². The molecule has 2 aromatic rings. The molecule has 11 heteroatoms. The zero-order valence-corrected chi connectivity index (χ0v) is 23.1. The van der Waals surface area contributed by atoms with Gasteiger partial charge in [0, 0.05) is 58.3 Å². The molecule has 11 nitrogen and oxygen atoms in total. The van der Waals surface area contributed by atoms with Gasteiger partial charge in [0.15, 0.2) is 0 Å². The minimum absolute atomic E-state index is 0.0300. The maximum Gasteiger partial charge on any atom is 0.243 e. The van der Waals surface area contributed by atoms with Gasteiger partial charge in [-0.05, 0) is 32.6 Å². The van der Waals surface area contributed by atoms with E-state index in [2.05, 4.69) is 34.2 Å². The van der Waals surface area contributed by atoms with Crippen LogP contribution in [-0.2, 0) is 33.9 Å². The monoisotopic (exact) mass is 514 g/mol. The molecule has 3 rings (SSSR count). The van der Waals surface area contributed by atoms with Gasteiger partial charge in [0.05, 0.1) is 12.6 Å². The van der Waals surface area contributed by atoms with Crippen molar-refractivity contribution in [1.29, 1.82) is 0 Å². The Kier molecular flexibility index (Phi) is 9.82. The van der Waals surface area contributed by atoms with E-state index in [1.807, 2.05) is 34.2 Å². The van der Waals surface area contributed by atoms with Gasteiger partial charge in [-0.3, -0.25) is 14.4 Å². The number of nitrogens with one attached hydrogen (secondary N) is 1. The summed E-state index contributed by atoms with van der Waals surface area (Å²) in [6, 6.07) is -0.969. The van der Waals surface area contributed by atoms with E-state index < -0.39 is 6.04 Å². The number of fused-ring (bicyclic) bond motifs is 1. The van der Waals surface area contributed by atoms with E-state index in [0.29, 0.717) is 63.0 Å². The van der Waals surface area contributed by atoms with Crippen molar-refractivity contribution in [2.75, 3.05) is 20.1 Å². The second-order valence-corrected chi connectivity index (χ2v) is 10.2. The molecule has 1 aliphatic rings. The van der Waals surface area contributed by atoms with Crippen molar-refractivity contribution in [3.05, 3.63) is 29.9 Å². The van der Waals surface area contributed by atoms with Crippen molar-refractivity contribution in [3.8, 4) is 0 Å². The minimum Gasteiger partial charge on any atom is -0.344 e. The first kappa shape index (κ1) is 28.3. The summed E-state index contributed by atoms with van der Waals surface area (Å²) in [7, 11) is 1.65. The molecule has 0 saturated carbocycles. The van der Waals surface area contributed by atoms with Crippen LogP contribution in [-0.4, -0.2) is 78.0 Å². The van der Waals surface area contributed by atoms with Crippen molar-refractivity contribution < 1.29 is 14.4 Å². The molecule has 0 aliphatic carbocycles. The standard InChI is InChI=1S/C26H42N8O3/c1-7-22-27-11-14-32(22)13-10-24(36)33-12-8-9-23(35)31(6)19(4)26(37)29-21(17-18(2)3)25-28-20(5)30-34(25)16-15-33/h11,14,18-19,21H,7-10,12-13,15-17H2,1-6H3,(H,29,37)/t19-,21+/m0/s1. The SMILES string of the molecule is CCc1nccn1CCC(=O)N1CCCC(=O)N(C)[C@@H](C)C(=O)N[C@H](CC(C)C)c2nc(C)nn2CC1. The summed E-state index contributed by atoms with van der Waals surface area (Å²) in [6.07, 6.45) is 6.29. The number of hydrogen-bond acceptors (Lipinski definition) is 6. The Morgan fingerprint density at radius 3 is 2.68 bits per heavy atom. The van der Waals surface area contributed by atoms with Crippen LogP contribution in [0.2, 0.25) is 0 Å². The minimum atomic E-state index is -0.622. The highest BCUT2D eigenvalue weighted by atomic mass is 16.2. The fraction of sp³-hybridized carbons (Fsp3) is 0.692. The van der Waals surface area contributed by atoms with E-state index in [-0.39, 0.29) is 30.2 Å². The van der Waals surface area contributed by atoms with E-state index in [0.717, 1.165) is 12.2 Å². The van der Waals surface area contributed by atoms with Gasteiger partial charge in [-0.2, -0.15) is 5.10 Å². The molecule has 1 N–H and O–H groups in total. The lowest BCUT2D eigenvalue weighted by Gasteiger charge is -2.29. The van der Waals surface area contributed by atoms with Crippen LogP contribution in [0.15, 0.2) is 12.4 Å². The molecule has 0 saturated heterocycles. The Morgan fingerprint density at radius 1 is 1.22 bits per heavy atom. The molecule has 0 radical (unpaired) electrons. The zero-order chi connectivity index (χ0) is 27.1. The summed E-state index contributed by atoms with van der Waals surface area (Å²) in [4.78, 5) is 51.5. The van der Waals surface area contributed by atoms with Crippen LogP contribution in [0.4, 0.5) is 0 Å². The normalized spacial score (nSPS) is 20.1. The first-order valence-electron chi connectivity index (χ1n) is 13.4. The number of imidazole rings is 1. The number of carbonyl (C=O) groups is 3. The summed E-state index contributed by atoms with van der Waals surface area (Å²) >= 11 is 0. The third-order valence-corrected chi connectivity index (χ3v) is 6.93. The summed E-state index contributed by atoms with van der Waals surface area (Å²) in [5, 5.41) is 7.70. The molecule has 204 valence electrons. The highest BCUT2D eigenvalue weighted by molar-refractivity contribution is 5.87. The average molecular weight is 515 g/mol. The molecule has 37 heavy (non-hydrogen) atoms. The number of carbonyl (C=O) groups excluding carboxylic acids is 3. The molecule has 0 aromatic carbocycles. The number of nitrogens with zero attached hydrogens (tertiary/aromatic N) is 7. The summed E-state index contributed by atoms with van der Waals surface area (Å²) in [5.41, 5.74) is 0. The second-order valence-electron chi connectivity index (χ2n) is 10.2. The Morgan fingerprint density at radius 2 is 1.97 bits per heavy atom. The van der Waals surface area contributed by atoms with Gasteiger partial charge in [0.1, 0.15) is 23.5 Å². The Balaban J connectivity index is 1.85. The Labute approximate surface area is 219 Å². The van der Waals surface area contributed by atoms with E-state index in [9.17, 15) is 14.4 Å². The number of aryl methyl sites for hydroxylation is 3. The molecular weight excluding hydrogens is 472 g/mol. The van der Waals surface area contributed by atoms with Gasteiger partial charge in [-0.15, -0.1) is 0 Å². The Bertz CT molecular complexity index is 1080. The lowest BCUT2D eigenvalue weighted by Crippen LogP contribution is -2.47. The average Bonchev–Trinajstić information content (AvgIpc) is 3.47. The van der Waals surface area contributed by atoms with Crippen molar-refractivity contribution in [1.82, 2.24) is 39.4 Å². The lowest BCUT2D eigenvalue weighted by molar-refractivity contribution is -0.139. The topological polar surface area (TPSA) is 118 Å². The molecule has 3 amide bonds. The highest BCUT2D eigenvalue weighted by Gasteiger charge is 2.29. The van der Waals surface area contributed by atoms with Gasteiger partial charge in [-0.1, -0.05) is 20.8 Å². The van der Waals surface area contributed by atoms with Crippen LogP contribution in [0.5, 0.6) is 0 Å². The van der Waals surface area contributed by atoms with Crippen molar-refractivity contribution >= 4 is 17.7 Å². The third kappa shape index (κ3) is 7.39. The first-order valence-corrected chi connectivity index (χ1v) is 13.4. The maximum absolute atomic E-state index is 13.3. The summed E-state index contributed by atoms with van der Waals surface area (Å²) in [6.45, 7) is 11.7. The van der Waals surface area contributed by atoms with Crippen LogP contribution < -0.4 is 5.32 Å². The largest absolute Gasteiger partial charge is 0.344 e. The zero-order valence-electron chi connectivity index (χ0n) is 23.1. The van der Waals surface area contributed by atoms with Crippen molar-refractivity contribution in [3.63, 3.8) is 0 Å². The third-order valence-electron chi connectivity index (χ3n) is 6.93. The molecule has 0 spiro atoms. The molecule has 3 heterocycles. The predicted octanol–water partition coefficient (Wildman–Crippen LogP) is 2.11. The van der Waals surface area contributed by atoms with E-state index >= 15 is 0 Å². The molecule has 0 bridgehead atoms. The maximum atomic E-state index is 13.3. The predicted molar refractivity (Wildman–Crippen MR) is 139 cm³/mol. The number of rotatable bonds is 6. The van der Waals surface area contributed by atoms with E-state index in [1.165, 1.54) is 4.90 Å². The van der Waals surface area contributed by atoms with Crippen LogP contribution in [0.1, 0.15) is 76.9 Å². The molecule has 1 aliphatic heterocycles. The second kappa shape index (κ2) is 12.8. The summed E-state index contributed by atoms with van der Waals surface area (Å²) < 4.78 is 3.83. The number of likely N-dealkylation sites (N-methyl/N-ethyl adjacent to an activating group) is 1. The van der Waals surface area contributed by atoms with Crippen molar-refractivity contribution in [2.24, 2.45) is 5.92 Å². The fourth-order valence-electron chi connectivity index (χ4n) is 4.68. The van der Waals surface area contributed by atoms with Gasteiger partial charge in [-0.25, -0.2) is 14.6 Å². The number of amides is 3. The quantitative estimate of drug-likeness (QED) is 0.631. The number of aromatic nitrogens is 5. The molecule has 0 unspecified atom stereocenters. The smallest absolute Gasteiger partial charge is 0.243 e. The van der Waals surface area contributed by atoms with Crippen LogP contribution in [0.3, 0.4) is 0 Å². The number of hydrogen-bond donors (Lipinski definition) is 1. The molecule has 0 fully saturated rings. The van der Waals surface area contributed by atoms with E-state index in [4.69, 9.17) is 0 Å². The Hall–Kier alpha value is -3.24. The van der Waals surface area contributed by atoms with Gasteiger partial charge >= 0.3 is 0 Å². The van der Waals surface area contributed by atoms with Gasteiger partial charge in [0.25, 0.3) is 0 Å². The first-order chi connectivity index (χ1) is 17.6. The lowest BCUT2D eigenvalue weighted by atomic mass is 10.0. The van der Waals surface area contributed by atoms with Gasteiger partial charge < -0.3 is 19.7 Å². The van der Waals surface area contributed by atoms with Crippen LogP contribution >= 0.6 is 0 Å². The highest BCUT2D eigenvalue weighted by Crippen LogP contribution is 2.21. The van der Waals surface area contributed by atoms with Gasteiger partial charge in [0.2, 0.25) is 17.7 Å². The molecule has 2 aromatic heterocycles. The molecular formula is C26H42N8O3. The fourth-order valence-corrected chi connectivity index (χ4v) is 4.68. The van der Waals surface area contributed by atoms with E-state index in [1.54, 1.807) is 20.2 Å². The van der Waals surface area contributed by atoms with Crippen LogP contribution in [0, 0.1) is 12.8 Å². The summed E-state index contributed by atoms with van der Waals surface area (Å²) in [5.74, 6) is 2.26. The molecule has 2 atom stereocenters.